The van der Waals surface area contributed by atoms with E-state index in [2.05, 4.69) is 20.6 Å². The molecule has 0 unspecified atom stereocenters. The summed E-state index contributed by atoms with van der Waals surface area (Å²) in [7, 11) is 0. The highest BCUT2D eigenvalue weighted by Crippen LogP contribution is 2.22. The summed E-state index contributed by atoms with van der Waals surface area (Å²) in [5.41, 5.74) is 3.46. The molecule has 2 aromatic heterocycles. The second-order valence-corrected chi connectivity index (χ2v) is 6.22. The Morgan fingerprint density at radius 1 is 1.04 bits per heavy atom. The normalized spacial score (nSPS) is 10.9. The van der Waals surface area contributed by atoms with E-state index in [4.69, 9.17) is 0 Å². The van der Waals surface area contributed by atoms with Crippen LogP contribution >= 0.6 is 0 Å². The van der Waals surface area contributed by atoms with Crippen molar-refractivity contribution in [3.8, 4) is 5.69 Å². The third-order valence-electron chi connectivity index (χ3n) is 4.45. The highest BCUT2D eigenvalue weighted by molar-refractivity contribution is 6.47. The summed E-state index contributed by atoms with van der Waals surface area (Å²) in [5.74, 6) is -1.33. The number of aromatic nitrogens is 4. The summed E-state index contributed by atoms with van der Waals surface area (Å²) in [6.07, 6.45) is 1.66. The molecule has 4 rings (SSSR count). The summed E-state index contributed by atoms with van der Waals surface area (Å²) in [5, 5.41) is 14.8. The first kappa shape index (κ1) is 16.7. The molecule has 0 aliphatic heterocycles. The van der Waals surface area contributed by atoms with Gasteiger partial charge in [-0.3, -0.25) is 14.7 Å². The number of fused-ring (bicyclic) bond motifs is 1. The van der Waals surface area contributed by atoms with Gasteiger partial charge < -0.3 is 5.32 Å². The lowest BCUT2D eigenvalue weighted by Crippen LogP contribution is -2.24. The molecular weight excluding hydrogens is 342 g/mol. The summed E-state index contributed by atoms with van der Waals surface area (Å²) in [6, 6.07) is 14.9. The first-order chi connectivity index (χ1) is 13.1. The Morgan fingerprint density at radius 2 is 1.81 bits per heavy atom. The molecule has 2 N–H and O–H groups in total. The van der Waals surface area contributed by atoms with Gasteiger partial charge in [-0.15, -0.1) is 0 Å². The smallest absolute Gasteiger partial charge is 0.296 e. The van der Waals surface area contributed by atoms with Gasteiger partial charge in [0.2, 0.25) is 0 Å². The third-order valence-corrected chi connectivity index (χ3v) is 4.45. The van der Waals surface area contributed by atoms with E-state index in [1.807, 2.05) is 36.4 Å². The van der Waals surface area contributed by atoms with Gasteiger partial charge in [0.1, 0.15) is 0 Å². The number of ketones is 1. The number of H-pyrrole nitrogens is 1. The van der Waals surface area contributed by atoms with Crippen molar-refractivity contribution in [2.75, 3.05) is 5.32 Å². The van der Waals surface area contributed by atoms with Crippen LogP contribution in [0.2, 0.25) is 0 Å². The summed E-state index contributed by atoms with van der Waals surface area (Å²) in [4.78, 5) is 25.4. The van der Waals surface area contributed by atoms with Crippen LogP contribution in [0.1, 0.15) is 21.7 Å². The Morgan fingerprint density at radius 3 is 2.59 bits per heavy atom. The van der Waals surface area contributed by atoms with Crippen molar-refractivity contribution in [1.82, 2.24) is 20.0 Å². The van der Waals surface area contributed by atoms with Gasteiger partial charge in [-0.25, -0.2) is 4.68 Å². The fraction of sp³-hybridized carbons (Fsp3) is 0.100. The van der Waals surface area contributed by atoms with E-state index in [9.17, 15) is 9.59 Å². The second-order valence-electron chi connectivity index (χ2n) is 6.22. The van der Waals surface area contributed by atoms with Gasteiger partial charge >= 0.3 is 0 Å². The predicted molar refractivity (Wildman–Crippen MR) is 102 cm³/mol. The van der Waals surface area contributed by atoms with E-state index >= 15 is 0 Å². The van der Waals surface area contributed by atoms with Crippen LogP contribution in [0.5, 0.6) is 0 Å². The van der Waals surface area contributed by atoms with Crippen LogP contribution in [0.25, 0.3) is 16.6 Å². The van der Waals surface area contributed by atoms with Gasteiger partial charge in [0.05, 0.1) is 40.0 Å². The molecule has 7 nitrogen and oxygen atoms in total. The predicted octanol–water partition coefficient (Wildman–Crippen LogP) is 3.19. The molecule has 7 heteroatoms. The molecule has 0 atom stereocenters. The van der Waals surface area contributed by atoms with Crippen LogP contribution < -0.4 is 5.32 Å². The molecule has 1 amide bonds. The molecule has 0 fully saturated rings. The fourth-order valence-electron chi connectivity index (χ4n) is 3.16. The van der Waals surface area contributed by atoms with Crippen LogP contribution in [-0.4, -0.2) is 31.7 Å². The van der Waals surface area contributed by atoms with Gasteiger partial charge in [-0.05, 0) is 32.0 Å². The summed E-state index contributed by atoms with van der Waals surface area (Å²) in [6.45, 7) is 3.51. The molecule has 0 radical (unpaired) electrons. The van der Waals surface area contributed by atoms with E-state index in [0.29, 0.717) is 28.2 Å². The number of carbonyl (C=O) groups is 2. The summed E-state index contributed by atoms with van der Waals surface area (Å²) >= 11 is 0. The Balaban J connectivity index is 1.66. The molecule has 0 saturated heterocycles. The van der Waals surface area contributed by atoms with Crippen LogP contribution in [0.3, 0.4) is 0 Å². The molecule has 0 bridgehead atoms. The molecule has 134 valence electrons. The van der Waals surface area contributed by atoms with Crippen LogP contribution in [0.15, 0.2) is 54.7 Å². The average molecular weight is 359 g/mol. The first-order valence-electron chi connectivity index (χ1n) is 8.45. The number of Topliss-reactive ketones (excluding diaryl/α,β-unsaturated/α-hetero) is 1. The van der Waals surface area contributed by atoms with Crippen molar-refractivity contribution in [3.63, 3.8) is 0 Å². The minimum atomic E-state index is -0.712. The number of hydrogen-bond donors (Lipinski definition) is 2. The number of amides is 1. The van der Waals surface area contributed by atoms with Crippen molar-refractivity contribution in [2.45, 2.75) is 13.8 Å². The molecule has 0 saturated carbocycles. The average Bonchev–Trinajstić information content (AvgIpc) is 3.27. The van der Waals surface area contributed by atoms with Crippen molar-refractivity contribution < 1.29 is 9.59 Å². The molecule has 0 spiro atoms. The highest BCUT2D eigenvalue weighted by atomic mass is 16.2. The minimum absolute atomic E-state index is 0.313. The van der Waals surface area contributed by atoms with Crippen molar-refractivity contribution in [3.05, 3.63) is 71.7 Å². The van der Waals surface area contributed by atoms with E-state index in [0.717, 1.165) is 11.1 Å². The fourth-order valence-corrected chi connectivity index (χ4v) is 3.16. The second kappa shape index (κ2) is 6.53. The van der Waals surface area contributed by atoms with Crippen molar-refractivity contribution in [2.24, 2.45) is 0 Å². The Bertz CT molecular complexity index is 1160. The molecule has 0 aliphatic carbocycles. The maximum Gasteiger partial charge on any atom is 0.296 e. The van der Waals surface area contributed by atoms with Crippen LogP contribution in [0.4, 0.5) is 5.69 Å². The number of nitrogens with one attached hydrogen (secondary N) is 2. The number of para-hydroxylation sites is 2. The zero-order chi connectivity index (χ0) is 19.0. The maximum absolute atomic E-state index is 12.8. The van der Waals surface area contributed by atoms with Gasteiger partial charge in [0.25, 0.3) is 11.7 Å². The molecule has 27 heavy (non-hydrogen) atoms. The lowest BCUT2D eigenvalue weighted by molar-refractivity contribution is -0.112. The van der Waals surface area contributed by atoms with Gasteiger partial charge in [0, 0.05) is 5.39 Å². The summed E-state index contributed by atoms with van der Waals surface area (Å²) < 4.78 is 1.67. The quantitative estimate of drug-likeness (QED) is 0.432. The number of nitrogens with zero attached hydrogens (tertiary/aromatic N) is 3. The lowest BCUT2D eigenvalue weighted by Gasteiger charge is -2.07. The van der Waals surface area contributed by atoms with E-state index in [1.54, 1.807) is 36.9 Å². The highest BCUT2D eigenvalue weighted by Gasteiger charge is 2.25. The van der Waals surface area contributed by atoms with Crippen molar-refractivity contribution in [1.29, 1.82) is 0 Å². The van der Waals surface area contributed by atoms with Crippen LogP contribution in [-0.2, 0) is 4.79 Å². The zero-order valence-electron chi connectivity index (χ0n) is 14.9. The topological polar surface area (TPSA) is 92.7 Å². The van der Waals surface area contributed by atoms with E-state index in [1.165, 1.54) is 0 Å². The zero-order valence-corrected chi connectivity index (χ0v) is 14.9. The largest absolute Gasteiger partial charge is 0.317 e. The molecule has 2 heterocycles. The molecule has 4 aromatic rings. The molecular formula is C20H17N5O2. The maximum atomic E-state index is 12.8. The van der Waals surface area contributed by atoms with Gasteiger partial charge in [-0.1, -0.05) is 30.3 Å². The van der Waals surface area contributed by atoms with Crippen LogP contribution in [0, 0.1) is 13.8 Å². The lowest BCUT2D eigenvalue weighted by atomic mass is 10.1. The number of benzene rings is 2. The number of aryl methyl sites for hydroxylation is 1. The number of carbonyl (C=O) groups excluding carboxylic acids is 2. The Hall–Kier alpha value is -3.74. The Labute approximate surface area is 155 Å². The Kier molecular flexibility index (Phi) is 4.04. The number of rotatable bonds is 4. The van der Waals surface area contributed by atoms with Gasteiger partial charge in [-0.2, -0.15) is 10.2 Å². The SMILES string of the molecule is Cc1nn(-c2ccccc2)c(C)c1C(=O)C(=O)Nc1cccc2cn[nH]c12. The monoisotopic (exact) mass is 359 g/mol. The molecule has 2 aromatic carbocycles. The number of anilines is 1. The minimum Gasteiger partial charge on any atom is -0.317 e. The van der Waals surface area contributed by atoms with Gasteiger partial charge in [0.15, 0.2) is 0 Å². The van der Waals surface area contributed by atoms with E-state index < -0.39 is 11.7 Å². The number of aromatic amines is 1. The van der Waals surface area contributed by atoms with Crippen molar-refractivity contribution >= 4 is 28.3 Å². The number of hydrogen-bond acceptors (Lipinski definition) is 4. The standard InChI is InChI=1S/C20H17N5O2/c1-12-17(13(2)25(24-12)15-8-4-3-5-9-15)19(26)20(27)22-16-10-6-7-14-11-21-23-18(14)16/h3-11H,1-2H3,(H,21,23)(H,22,27). The molecule has 0 aliphatic rings. The first-order valence-corrected chi connectivity index (χ1v) is 8.45. The van der Waals surface area contributed by atoms with E-state index in [-0.39, 0.29) is 0 Å². The third kappa shape index (κ3) is 2.89.